The summed E-state index contributed by atoms with van der Waals surface area (Å²) >= 11 is 6.54. The highest BCUT2D eigenvalue weighted by Gasteiger charge is 2.15. The van der Waals surface area contributed by atoms with Crippen molar-refractivity contribution >= 4 is 28.7 Å². The van der Waals surface area contributed by atoms with Crippen LogP contribution in [0.5, 0.6) is 11.8 Å². The van der Waals surface area contributed by atoms with Crippen LogP contribution >= 0.6 is 11.6 Å². The number of halogens is 1. The Hall–Kier alpha value is -4.16. The normalized spacial score (nSPS) is 11.0. The number of carboxylic acids is 1. The number of fused-ring (bicyclic) bond motifs is 1. The minimum Gasteiger partial charge on any atom is -0.478 e. The first kappa shape index (κ1) is 21.7. The third-order valence-corrected chi connectivity index (χ3v) is 5.87. The lowest BCUT2D eigenvalue weighted by Crippen LogP contribution is -2.02. The first-order chi connectivity index (χ1) is 16.5. The number of imidazole rings is 1. The molecule has 0 aliphatic carbocycles. The monoisotopic (exact) mass is 469 g/mol. The zero-order valence-electron chi connectivity index (χ0n) is 18.2. The van der Waals surface area contributed by atoms with E-state index in [1.54, 1.807) is 18.2 Å². The Balaban J connectivity index is 1.44. The van der Waals surface area contributed by atoms with Crippen molar-refractivity contribution in [2.24, 2.45) is 0 Å². The molecule has 6 nitrogen and oxygen atoms in total. The van der Waals surface area contributed by atoms with Crippen molar-refractivity contribution in [1.82, 2.24) is 15.0 Å². The Labute approximate surface area is 200 Å². The second-order valence-electron chi connectivity index (χ2n) is 7.76. The molecule has 2 aromatic heterocycles. The summed E-state index contributed by atoms with van der Waals surface area (Å²) in [5.41, 5.74) is 5.74. The summed E-state index contributed by atoms with van der Waals surface area (Å²) in [7, 11) is 0. The summed E-state index contributed by atoms with van der Waals surface area (Å²) in [6.45, 7) is 1.91. The maximum Gasteiger partial charge on any atom is 0.336 e. The van der Waals surface area contributed by atoms with Gasteiger partial charge in [0.25, 0.3) is 0 Å². The van der Waals surface area contributed by atoms with Crippen LogP contribution in [0.15, 0.2) is 78.9 Å². The molecule has 5 aromatic rings. The molecule has 2 heterocycles. The number of nitrogens with zero attached hydrogens (tertiary/aromatic N) is 2. The number of benzene rings is 3. The van der Waals surface area contributed by atoms with Crippen LogP contribution in [-0.4, -0.2) is 26.0 Å². The SMILES string of the molecule is CCc1ccc(Oc2nc3nc(-c4ccc(-c5ccccc5)cc4)c(Cl)cc3[nH]2)cc1C(=O)O. The number of H-pyrrole nitrogens is 1. The van der Waals surface area contributed by atoms with E-state index in [1.165, 1.54) is 6.07 Å². The van der Waals surface area contributed by atoms with Gasteiger partial charge in [-0.1, -0.05) is 79.2 Å². The van der Waals surface area contributed by atoms with Crippen LogP contribution in [0.1, 0.15) is 22.8 Å². The maximum atomic E-state index is 11.5. The molecule has 0 unspecified atom stereocenters. The number of pyridine rings is 1. The van der Waals surface area contributed by atoms with E-state index in [9.17, 15) is 9.90 Å². The maximum absolute atomic E-state index is 11.5. The quantitative estimate of drug-likeness (QED) is 0.279. The van der Waals surface area contributed by atoms with E-state index in [0.717, 1.165) is 22.3 Å². The molecule has 34 heavy (non-hydrogen) atoms. The number of rotatable bonds is 6. The van der Waals surface area contributed by atoms with Gasteiger partial charge in [-0.25, -0.2) is 9.78 Å². The van der Waals surface area contributed by atoms with E-state index >= 15 is 0 Å². The average Bonchev–Trinajstić information content (AvgIpc) is 3.25. The molecule has 3 aromatic carbocycles. The number of ether oxygens (including phenoxy) is 1. The van der Waals surface area contributed by atoms with Gasteiger partial charge in [-0.15, -0.1) is 0 Å². The Morgan fingerprint density at radius 3 is 2.35 bits per heavy atom. The van der Waals surface area contributed by atoms with Gasteiger partial charge >= 0.3 is 12.0 Å². The highest BCUT2D eigenvalue weighted by molar-refractivity contribution is 6.33. The molecule has 168 valence electrons. The molecule has 2 N–H and O–H groups in total. The molecule has 0 radical (unpaired) electrons. The molecule has 0 fully saturated rings. The smallest absolute Gasteiger partial charge is 0.336 e. The van der Waals surface area contributed by atoms with Crippen LogP contribution in [0.2, 0.25) is 5.02 Å². The molecule has 0 saturated carbocycles. The molecule has 0 aliphatic rings. The number of hydrogen-bond donors (Lipinski definition) is 2. The first-order valence-electron chi connectivity index (χ1n) is 10.8. The van der Waals surface area contributed by atoms with E-state index in [0.29, 0.717) is 34.1 Å². The van der Waals surface area contributed by atoms with E-state index < -0.39 is 5.97 Å². The fourth-order valence-electron chi connectivity index (χ4n) is 3.84. The van der Waals surface area contributed by atoms with Crippen molar-refractivity contribution in [3.05, 3.63) is 95.0 Å². The van der Waals surface area contributed by atoms with Crippen LogP contribution in [0.4, 0.5) is 0 Å². The molecular formula is C27H20ClN3O3. The lowest BCUT2D eigenvalue weighted by molar-refractivity contribution is 0.0695. The van der Waals surface area contributed by atoms with E-state index in [-0.39, 0.29) is 11.6 Å². The molecular weight excluding hydrogens is 450 g/mol. The Bertz CT molecular complexity index is 1500. The van der Waals surface area contributed by atoms with Gasteiger partial charge in [0.1, 0.15) is 5.75 Å². The van der Waals surface area contributed by atoms with Gasteiger partial charge < -0.3 is 14.8 Å². The number of carboxylic acid groups (broad SMARTS) is 1. The zero-order chi connectivity index (χ0) is 23.7. The highest BCUT2D eigenvalue weighted by atomic mass is 35.5. The number of aromatic carboxylic acids is 1. The predicted molar refractivity (Wildman–Crippen MR) is 133 cm³/mol. The molecule has 0 saturated heterocycles. The highest BCUT2D eigenvalue weighted by Crippen LogP contribution is 2.32. The number of hydrogen-bond acceptors (Lipinski definition) is 4. The summed E-state index contributed by atoms with van der Waals surface area (Å²) in [5.74, 6) is -0.625. The minimum atomic E-state index is -0.997. The predicted octanol–water partition coefficient (Wildman–Crippen LogP) is 7.00. The molecule has 0 aliphatic heterocycles. The topological polar surface area (TPSA) is 88.1 Å². The molecule has 0 atom stereocenters. The van der Waals surface area contributed by atoms with E-state index in [4.69, 9.17) is 16.3 Å². The fraction of sp³-hybridized carbons (Fsp3) is 0.0741. The molecule has 0 amide bonds. The summed E-state index contributed by atoms with van der Waals surface area (Å²) < 4.78 is 5.79. The average molecular weight is 470 g/mol. The third kappa shape index (κ3) is 4.23. The van der Waals surface area contributed by atoms with Gasteiger partial charge in [-0.3, -0.25) is 0 Å². The largest absolute Gasteiger partial charge is 0.478 e. The van der Waals surface area contributed by atoms with Gasteiger partial charge in [0, 0.05) is 5.56 Å². The summed E-state index contributed by atoms with van der Waals surface area (Å²) in [6.07, 6.45) is 0.615. The Morgan fingerprint density at radius 1 is 0.941 bits per heavy atom. The van der Waals surface area contributed by atoms with Gasteiger partial charge in [0.2, 0.25) is 0 Å². The van der Waals surface area contributed by atoms with Gasteiger partial charge in [-0.2, -0.15) is 4.98 Å². The number of carbonyl (C=O) groups is 1. The van der Waals surface area contributed by atoms with Crippen LogP contribution in [0.25, 0.3) is 33.5 Å². The molecule has 0 bridgehead atoms. The van der Waals surface area contributed by atoms with Crippen molar-refractivity contribution in [2.75, 3.05) is 0 Å². The number of aryl methyl sites for hydroxylation is 1. The van der Waals surface area contributed by atoms with Crippen LogP contribution in [0.3, 0.4) is 0 Å². The summed E-state index contributed by atoms with van der Waals surface area (Å²) in [4.78, 5) is 23.6. The number of nitrogens with one attached hydrogen (secondary N) is 1. The molecule has 0 spiro atoms. The van der Waals surface area contributed by atoms with Crippen LogP contribution in [0, 0.1) is 0 Å². The number of aromatic amines is 1. The standard InChI is InChI=1S/C27H20ClN3O3/c1-2-16-12-13-20(14-21(16)26(32)33)34-27-29-23-15-22(28)24(30-25(23)31-27)19-10-8-18(9-11-19)17-6-4-3-5-7-17/h3-15H,2H2,1H3,(H,32,33)(H,29,30,31). The summed E-state index contributed by atoms with van der Waals surface area (Å²) in [5, 5.41) is 9.93. The second kappa shape index (κ2) is 9.00. The Morgan fingerprint density at radius 2 is 1.65 bits per heavy atom. The van der Waals surface area contributed by atoms with Crippen molar-refractivity contribution in [3.63, 3.8) is 0 Å². The zero-order valence-corrected chi connectivity index (χ0v) is 19.0. The Kier molecular flexibility index (Phi) is 5.74. The van der Waals surface area contributed by atoms with E-state index in [1.807, 2.05) is 49.4 Å². The van der Waals surface area contributed by atoms with Crippen molar-refractivity contribution in [1.29, 1.82) is 0 Å². The van der Waals surface area contributed by atoms with Crippen LogP contribution in [-0.2, 0) is 6.42 Å². The molecule has 7 heteroatoms. The minimum absolute atomic E-state index is 0.204. The third-order valence-electron chi connectivity index (χ3n) is 5.58. The first-order valence-corrected chi connectivity index (χ1v) is 11.2. The molecule has 5 rings (SSSR count). The second-order valence-corrected chi connectivity index (χ2v) is 8.16. The van der Waals surface area contributed by atoms with Gasteiger partial charge in [-0.05, 0) is 41.3 Å². The van der Waals surface area contributed by atoms with Crippen molar-refractivity contribution in [2.45, 2.75) is 13.3 Å². The van der Waals surface area contributed by atoms with Crippen LogP contribution < -0.4 is 4.74 Å². The van der Waals surface area contributed by atoms with Crippen molar-refractivity contribution in [3.8, 4) is 34.1 Å². The fourth-order valence-corrected chi connectivity index (χ4v) is 4.10. The van der Waals surface area contributed by atoms with Gasteiger partial charge in [0.05, 0.1) is 21.8 Å². The lowest BCUT2D eigenvalue weighted by atomic mass is 10.0. The van der Waals surface area contributed by atoms with Crippen molar-refractivity contribution < 1.29 is 14.6 Å². The number of aromatic nitrogens is 3. The van der Waals surface area contributed by atoms with E-state index in [2.05, 4.69) is 27.1 Å². The summed E-state index contributed by atoms with van der Waals surface area (Å²) in [6, 6.07) is 25.1. The lowest BCUT2D eigenvalue weighted by Gasteiger charge is -2.06. The van der Waals surface area contributed by atoms with Gasteiger partial charge in [0.15, 0.2) is 5.65 Å².